The van der Waals surface area contributed by atoms with Crippen LogP contribution in [-0.2, 0) is 9.53 Å². The van der Waals surface area contributed by atoms with E-state index >= 15 is 0 Å². The zero-order valence-corrected chi connectivity index (χ0v) is 9.90. The molecule has 0 saturated heterocycles. The average molecular weight is 246 g/mol. The highest BCUT2D eigenvalue weighted by atomic mass is 35.5. The summed E-state index contributed by atoms with van der Waals surface area (Å²) in [5, 5.41) is 0.504. The van der Waals surface area contributed by atoms with Crippen LogP contribution in [0.25, 0.3) is 0 Å². The minimum Gasteiger partial charge on any atom is -0.465 e. The van der Waals surface area contributed by atoms with Crippen molar-refractivity contribution in [1.29, 1.82) is 0 Å². The van der Waals surface area contributed by atoms with Crippen LogP contribution in [0.5, 0.6) is 0 Å². The average Bonchev–Trinajstić information content (AvgIpc) is 2.20. The molecule has 1 aromatic carbocycles. The molecule has 0 atom stereocenters. The molecule has 0 heterocycles. The Morgan fingerprint density at radius 2 is 2.33 bits per heavy atom. The minimum absolute atomic E-state index is 0.226. The molecular formula is C10H12ClNO2S. The number of nitrogens with two attached hydrogens (primary N) is 1. The summed E-state index contributed by atoms with van der Waals surface area (Å²) in [6.07, 6.45) is 0. The van der Waals surface area contributed by atoms with Gasteiger partial charge >= 0.3 is 5.97 Å². The molecule has 0 radical (unpaired) electrons. The van der Waals surface area contributed by atoms with Crippen molar-refractivity contribution in [3.8, 4) is 0 Å². The van der Waals surface area contributed by atoms with Crippen molar-refractivity contribution in [2.24, 2.45) is 0 Å². The maximum Gasteiger partial charge on any atom is 0.316 e. The van der Waals surface area contributed by atoms with Gasteiger partial charge in [0.05, 0.1) is 23.1 Å². The number of benzene rings is 1. The zero-order valence-electron chi connectivity index (χ0n) is 8.33. The lowest BCUT2D eigenvalue weighted by atomic mass is 10.3. The summed E-state index contributed by atoms with van der Waals surface area (Å²) in [5.41, 5.74) is 6.10. The fourth-order valence-electron chi connectivity index (χ4n) is 0.943. The van der Waals surface area contributed by atoms with Crippen molar-refractivity contribution < 1.29 is 9.53 Å². The molecule has 0 spiro atoms. The predicted octanol–water partition coefficient (Wildman–Crippen LogP) is 2.58. The van der Waals surface area contributed by atoms with E-state index in [1.54, 1.807) is 19.1 Å². The SMILES string of the molecule is CCOC(=O)CSc1ccc(N)c(Cl)c1. The molecule has 1 rings (SSSR count). The third kappa shape index (κ3) is 4.01. The van der Waals surface area contributed by atoms with E-state index in [1.807, 2.05) is 6.07 Å². The van der Waals surface area contributed by atoms with E-state index in [0.717, 1.165) is 4.90 Å². The van der Waals surface area contributed by atoms with Gasteiger partial charge in [-0.3, -0.25) is 4.79 Å². The summed E-state index contributed by atoms with van der Waals surface area (Å²) in [7, 11) is 0. The lowest BCUT2D eigenvalue weighted by molar-refractivity contribution is -0.139. The monoisotopic (exact) mass is 245 g/mol. The molecule has 3 nitrogen and oxygen atoms in total. The number of rotatable bonds is 4. The molecule has 82 valence electrons. The summed E-state index contributed by atoms with van der Waals surface area (Å²) in [6.45, 7) is 2.19. The van der Waals surface area contributed by atoms with Gasteiger partial charge in [0.15, 0.2) is 0 Å². The molecule has 0 aliphatic rings. The second-order valence-electron chi connectivity index (χ2n) is 2.78. The van der Waals surface area contributed by atoms with E-state index in [2.05, 4.69) is 0 Å². The first-order valence-electron chi connectivity index (χ1n) is 4.47. The maximum atomic E-state index is 11.1. The molecule has 1 aromatic rings. The topological polar surface area (TPSA) is 52.3 Å². The third-order valence-electron chi connectivity index (χ3n) is 1.63. The van der Waals surface area contributed by atoms with Crippen LogP contribution >= 0.6 is 23.4 Å². The van der Waals surface area contributed by atoms with E-state index in [0.29, 0.717) is 17.3 Å². The Hall–Kier alpha value is -0.870. The molecule has 0 amide bonds. The fourth-order valence-corrected chi connectivity index (χ4v) is 1.92. The van der Waals surface area contributed by atoms with E-state index < -0.39 is 0 Å². The molecular weight excluding hydrogens is 234 g/mol. The van der Waals surface area contributed by atoms with Gasteiger partial charge in [-0.15, -0.1) is 11.8 Å². The number of ether oxygens (including phenoxy) is 1. The van der Waals surface area contributed by atoms with Crippen LogP contribution in [0, 0.1) is 0 Å². The van der Waals surface area contributed by atoms with Crippen molar-refractivity contribution >= 4 is 35.0 Å². The molecule has 0 aromatic heterocycles. The van der Waals surface area contributed by atoms with Gasteiger partial charge in [-0.1, -0.05) is 11.6 Å². The minimum atomic E-state index is -0.226. The largest absolute Gasteiger partial charge is 0.465 e. The summed E-state index contributed by atoms with van der Waals surface area (Å²) in [5.74, 6) is 0.0594. The third-order valence-corrected chi connectivity index (χ3v) is 2.93. The highest BCUT2D eigenvalue weighted by molar-refractivity contribution is 8.00. The van der Waals surface area contributed by atoms with Gasteiger partial charge in [0.2, 0.25) is 0 Å². The van der Waals surface area contributed by atoms with E-state index in [-0.39, 0.29) is 11.7 Å². The molecule has 0 aliphatic carbocycles. The standard InChI is InChI=1S/C10H12ClNO2S/c1-2-14-10(13)6-15-7-3-4-9(12)8(11)5-7/h3-5H,2,6,12H2,1H3. The summed E-state index contributed by atoms with van der Waals surface area (Å²) in [6, 6.07) is 5.28. The van der Waals surface area contributed by atoms with Gasteiger partial charge in [-0.05, 0) is 25.1 Å². The Labute approximate surface area is 97.9 Å². The number of hydrogen-bond acceptors (Lipinski definition) is 4. The van der Waals surface area contributed by atoms with Crippen LogP contribution in [0.4, 0.5) is 5.69 Å². The fraction of sp³-hybridized carbons (Fsp3) is 0.300. The van der Waals surface area contributed by atoms with Crippen LogP contribution in [-0.4, -0.2) is 18.3 Å². The normalized spacial score (nSPS) is 10.0. The summed E-state index contributed by atoms with van der Waals surface area (Å²) >= 11 is 7.21. The van der Waals surface area contributed by atoms with Crippen LogP contribution in [0.1, 0.15) is 6.92 Å². The van der Waals surface area contributed by atoms with Crippen molar-refractivity contribution in [2.75, 3.05) is 18.1 Å². The molecule has 0 saturated carbocycles. The highest BCUT2D eigenvalue weighted by Gasteiger charge is 2.04. The van der Waals surface area contributed by atoms with E-state index in [9.17, 15) is 4.79 Å². The number of carbonyl (C=O) groups is 1. The zero-order chi connectivity index (χ0) is 11.3. The Morgan fingerprint density at radius 3 is 2.93 bits per heavy atom. The van der Waals surface area contributed by atoms with E-state index in [1.165, 1.54) is 11.8 Å². The molecule has 0 fully saturated rings. The first-order valence-corrected chi connectivity index (χ1v) is 5.83. The van der Waals surface area contributed by atoms with Gasteiger partial charge in [0, 0.05) is 4.90 Å². The highest BCUT2D eigenvalue weighted by Crippen LogP contribution is 2.26. The second-order valence-corrected chi connectivity index (χ2v) is 4.23. The van der Waals surface area contributed by atoms with E-state index in [4.69, 9.17) is 22.1 Å². The molecule has 0 bridgehead atoms. The maximum absolute atomic E-state index is 11.1. The predicted molar refractivity (Wildman–Crippen MR) is 63.2 cm³/mol. The Morgan fingerprint density at radius 1 is 1.60 bits per heavy atom. The number of thioether (sulfide) groups is 1. The second kappa shape index (κ2) is 5.88. The quantitative estimate of drug-likeness (QED) is 0.503. The number of halogens is 1. The van der Waals surface area contributed by atoms with Gasteiger partial charge in [-0.25, -0.2) is 0 Å². The first kappa shape index (κ1) is 12.2. The van der Waals surface area contributed by atoms with Crippen LogP contribution in [0.2, 0.25) is 5.02 Å². The van der Waals surface area contributed by atoms with Crippen LogP contribution < -0.4 is 5.73 Å². The van der Waals surface area contributed by atoms with Crippen molar-refractivity contribution in [2.45, 2.75) is 11.8 Å². The smallest absolute Gasteiger partial charge is 0.316 e. The van der Waals surface area contributed by atoms with Crippen molar-refractivity contribution in [3.63, 3.8) is 0 Å². The lowest BCUT2D eigenvalue weighted by Gasteiger charge is -2.03. The van der Waals surface area contributed by atoms with Gasteiger partial charge in [0.25, 0.3) is 0 Å². The van der Waals surface area contributed by atoms with Crippen molar-refractivity contribution in [1.82, 2.24) is 0 Å². The number of anilines is 1. The van der Waals surface area contributed by atoms with Crippen LogP contribution in [0.3, 0.4) is 0 Å². The summed E-state index contributed by atoms with van der Waals surface area (Å²) in [4.78, 5) is 12.0. The number of carbonyl (C=O) groups excluding carboxylic acids is 1. The molecule has 15 heavy (non-hydrogen) atoms. The first-order chi connectivity index (χ1) is 7.13. The Kier molecular flexibility index (Phi) is 4.78. The van der Waals surface area contributed by atoms with Crippen molar-refractivity contribution in [3.05, 3.63) is 23.2 Å². The molecule has 0 aliphatic heterocycles. The number of hydrogen-bond donors (Lipinski definition) is 1. The van der Waals surface area contributed by atoms with Gasteiger partial charge in [0.1, 0.15) is 0 Å². The van der Waals surface area contributed by atoms with Crippen LogP contribution in [0.15, 0.2) is 23.1 Å². The van der Waals surface area contributed by atoms with Gasteiger partial charge in [-0.2, -0.15) is 0 Å². The molecule has 5 heteroatoms. The number of esters is 1. The Bertz CT molecular complexity index is 357. The van der Waals surface area contributed by atoms with Gasteiger partial charge < -0.3 is 10.5 Å². The molecule has 2 N–H and O–H groups in total. The molecule has 0 unspecified atom stereocenters. The lowest BCUT2D eigenvalue weighted by Crippen LogP contribution is -2.06. The summed E-state index contributed by atoms with van der Waals surface area (Å²) < 4.78 is 4.80. The number of nitrogen functional groups attached to an aromatic ring is 1. The Balaban J connectivity index is 2.51.